The molecule has 22 heavy (non-hydrogen) atoms. The van der Waals surface area contributed by atoms with Gasteiger partial charge in [-0.3, -0.25) is 14.4 Å². The van der Waals surface area contributed by atoms with Gasteiger partial charge in [0.2, 0.25) is 11.6 Å². The van der Waals surface area contributed by atoms with Gasteiger partial charge < -0.3 is 4.74 Å². The van der Waals surface area contributed by atoms with Gasteiger partial charge in [0.05, 0.1) is 0 Å². The zero-order chi connectivity index (χ0) is 15.9. The van der Waals surface area contributed by atoms with Gasteiger partial charge in [-0.1, -0.05) is 54.6 Å². The summed E-state index contributed by atoms with van der Waals surface area (Å²) in [7, 11) is 0. The Morgan fingerprint density at radius 2 is 1.41 bits per heavy atom. The third-order valence-electron chi connectivity index (χ3n) is 3.15. The lowest BCUT2D eigenvalue weighted by molar-refractivity contribution is 0.0773. The van der Waals surface area contributed by atoms with Crippen molar-refractivity contribution in [1.82, 2.24) is 0 Å². The summed E-state index contributed by atoms with van der Waals surface area (Å²) in [5.74, 6) is -1.63. The van der Waals surface area contributed by atoms with Crippen molar-refractivity contribution >= 4 is 17.3 Å². The van der Waals surface area contributed by atoms with Gasteiger partial charge >= 0.3 is 0 Å². The van der Waals surface area contributed by atoms with Crippen molar-refractivity contribution in [2.45, 2.75) is 6.92 Å². The lowest BCUT2D eigenvalue weighted by atomic mass is 9.95. The molecule has 0 aliphatic rings. The highest BCUT2D eigenvalue weighted by Crippen LogP contribution is 2.14. The fraction of sp³-hybridized carbons (Fsp3) is 0.167. The van der Waals surface area contributed by atoms with Gasteiger partial charge in [0.1, 0.15) is 6.61 Å². The van der Waals surface area contributed by atoms with Crippen LogP contribution in [-0.4, -0.2) is 30.6 Å². The Morgan fingerprint density at radius 3 is 2.05 bits per heavy atom. The zero-order valence-corrected chi connectivity index (χ0v) is 12.2. The van der Waals surface area contributed by atoms with E-state index in [4.69, 9.17) is 4.74 Å². The molecule has 2 aromatic carbocycles. The Hall–Kier alpha value is -2.59. The van der Waals surface area contributed by atoms with Crippen LogP contribution in [-0.2, 0) is 4.74 Å². The van der Waals surface area contributed by atoms with Crippen molar-refractivity contribution in [1.29, 1.82) is 0 Å². The van der Waals surface area contributed by atoms with Crippen LogP contribution in [0.1, 0.15) is 38.0 Å². The molecule has 0 spiro atoms. The van der Waals surface area contributed by atoms with Gasteiger partial charge in [-0.15, -0.1) is 0 Å². The van der Waals surface area contributed by atoms with Crippen LogP contribution in [0.5, 0.6) is 0 Å². The van der Waals surface area contributed by atoms with Gasteiger partial charge in [0, 0.05) is 23.3 Å². The third-order valence-corrected chi connectivity index (χ3v) is 3.15. The summed E-state index contributed by atoms with van der Waals surface area (Å²) in [6.07, 6.45) is 0. The smallest absolute Gasteiger partial charge is 0.234 e. The Morgan fingerprint density at radius 1 is 0.818 bits per heavy atom. The third kappa shape index (κ3) is 3.54. The van der Waals surface area contributed by atoms with Crippen LogP contribution in [0.4, 0.5) is 0 Å². The van der Waals surface area contributed by atoms with Crippen LogP contribution < -0.4 is 0 Å². The largest absolute Gasteiger partial charge is 0.374 e. The Labute approximate surface area is 128 Å². The summed E-state index contributed by atoms with van der Waals surface area (Å²) in [5, 5.41) is 0. The number of ether oxygens (including phenoxy) is 1. The summed E-state index contributed by atoms with van der Waals surface area (Å²) in [6.45, 7) is 2.08. The first kappa shape index (κ1) is 15.8. The van der Waals surface area contributed by atoms with E-state index in [1.54, 1.807) is 49.4 Å². The van der Waals surface area contributed by atoms with Crippen LogP contribution in [0, 0.1) is 0 Å². The molecule has 0 saturated heterocycles. The van der Waals surface area contributed by atoms with Crippen molar-refractivity contribution in [3.05, 3.63) is 71.3 Å². The van der Waals surface area contributed by atoms with E-state index in [2.05, 4.69) is 0 Å². The molecular weight excluding hydrogens is 280 g/mol. The van der Waals surface area contributed by atoms with Gasteiger partial charge in [-0.25, -0.2) is 0 Å². The minimum atomic E-state index is -0.688. The van der Waals surface area contributed by atoms with Crippen molar-refractivity contribution in [2.75, 3.05) is 13.2 Å². The predicted molar refractivity (Wildman–Crippen MR) is 82.4 cm³/mol. The number of carbonyl (C=O) groups is 3. The number of hydrogen-bond donors (Lipinski definition) is 0. The normalized spacial score (nSPS) is 10.2. The van der Waals surface area contributed by atoms with Gasteiger partial charge in [-0.05, 0) is 6.92 Å². The molecule has 0 fully saturated rings. The Kier molecular flexibility index (Phi) is 5.33. The molecule has 0 amide bonds. The van der Waals surface area contributed by atoms with Crippen LogP contribution in [0.3, 0.4) is 0 Å². The molecule has 0 radical (unpaired) electrons. The fourth-order valence-electron chi connectivity index (χ4n) is 2.04. The van der Waals surface area contributed by atoms with E-state index in [-0.39, 0.29) is 23.5 Å². The fourth-order valence-corrected chi connectivity index (χ4v) is 2.04. The number of rotatable bonds is 7. The Bertz CT molecular complexity index is 689. The number of carbonyl (C=O) groups excluding carboxylic acids is 3. The Balaban J connectivity index is 2.30. The highest BCUT2D eigenvalue weighted by atomic mass is 16.5. The number of hydrogen-bond acceptors (Lipinski definition) is 4. The summed E-state index contributed by atoms with van der Waals surface area (Å²) in [4.78, 5) is 36.7. The molecule has 0 aromatic heterocycles. The first-order valence-electron chi connectivity index (χ1n) is 6.99. The SMILES string of the molecule is CCOCC(=O)c1ccccc1C(=O)C(=O)c1ccccc1. The van der Waals surface area contributed by atoms with Crippen LogP contribution in [0.25, 0.3) is 0 Å². The van der Waals surface area contributed by atoms with Crippen LogP contribution in [0.15, 0.2) is 54.6 Å². The zero-order valence-electron chi connectivity index (χ0n) is 12.2. The standard InChI is InChI=1S/C18H16O4/c1-2-22-12-16(19)14-10-6-7-11-15(14)18(21)17(20)13-8-4-3-5-9-13/h3-11H,2,12H2,1H3. The first-order valence-corrected chi connectivity index (χ1v) is 6.99. The van der Waals surface area contributed by atoms with E-state index in [9.17, 15) is 14.4 Å². The average molecular weight is 296 g/mol. The molecule has 4 heteroatoms. The van der Waals surface area contributed by atoms with Crippen LogP contribution in [0.2, 0.25) is 0 Å². The van der Waals surface area contributed by atoms with E-state index in [1.807, 2.05) is 0 Å². The van der Waals surface area contributed by atoms with Gasteiger partial charge in [-0.2, -0.15) is 0 Å². The molecule has 0 atom stereocenters. The van der Waals surface area contributed by atoms with Gasteiger partial charge in [0.15, 0.2) is 5.78 Å². The van der Waals surface area contributed by atoms with Crippen LogP contribution >= 0.6 is 0 Å². The van der Waals surface area contributed by atoms with Crippen molar-refractivity contribution < 1.29 is 19.1 Å². The quantitative estimate of drug-likeness (QED) is 0.582. The summed E-state index contributed by atoms with van der Waals surface area (Å²) >= 11 is 0. The lowest BCUT2D eigenvalue weighted by Gasteiger charge is -2.07. The van der Waals surface area contributed by atoms with E-state index >= 15 is 0 Å². The minimum Gasteiger partial charge on any atom is -0.374 e. The summed E-state index contributed by atoms with van der Waals surface area (Å²) < 4.78 is 5.08. The number of Topliss-reactive ketones (excluding diaryl/α,β-unsaturated/α-hetero) is 3. The van der Waals surface area contributed by atoms with E-state index < -0.39 is 11.6 Å². The van der Waals surface area contributed by atoms with Crippen molar-refractivity contribution in [2.24, 2.45) is 0 Å². The predicted octanol–water partition coefficient (Wildman–Crippen LogP) is 2.97. The molecule has 0 aliphatic carbocycles. The summed E-state index contributed by atoms with van der Waals surface area (Å²) in [6, 6.07) is 14.6. The molecular formula is C18H16O4. The maximum Gasteiger partial charge on any atom is 0.234 e. The molecule has 0 heterocycles. The molecule has 0 unspecified atom stereocenters. The molecule has 2 aromatic rings. The lowest BCUT2D eigenvalue weighted by Crippen LogP contribution is -2.19. The highest BCUT2D eigenvalue weighted by molar-refractivity contribution is 6.50. The molecule has 112 valence electrons. The monoisotopic (exact) mass is 296 g/mol. The maximum absolute atomic E-state index is 12.4. The summed E-state index contributed by atoms with van der Waals surface area (Å²) in [5.41, 5.74) is 0.630. The van der Waals surface area contributed by atoms with E-state index in [1.165, 1.54) is 12.1 Å². The second kappa shape index (κ2) is 7.43. The molecule has 0 bridgehead atoms. The highest BCUT2D eigenvalue weighted by Gasteiger charge is 2.23. The first-order chi connectivity index (χ1) is 10.6. The maximum atomic E-state index is 12.4. The van der Waals surface area contributed by atoms with Gasteiger partial charge in [0.25, 0.3) is 0 Å². The second-order valence-corrected chi connectivity index (χ2v) is 4.63. The average Bonchev–Trinajstić information content (AvgIpc) is 2.59. The van der Waals surface area contributed by atoms with E-state index in [0.717, 1.165) is 0 Å². The van der Waals surface area contributed by atoms with Crippen molar-refractivity contribution in [3.63, 3.8) is 0 Å². The van der Waals surface area contributed by atoms with E-state index in [0.29, 0.717) is 12.2 Å². The molecule has 0 saturated carbocycles. The number of benzene rings is 2. The molecule has 2 rings (SSSR count). The van der Waals surface area contributed by atoms with Crippen molar-refractivity contribution in [3.8, 4) is 0 Å². The minimum absolute atomic E-state index is 0.111. The number of ketones is 3. The molecule has 0 aliphatic heterocycles. The second-order valence-electron chi connectivity index (χ2n) is 4.63. The topological polar surface area (TPSA) is 60.4 Å². The molecule has 4 nitrogen and oxygen atoms in total. The molecule has 0 N–H and O–H groups in total.